The fourth-order valence-electron chi connectivity index (χ4n) is 3.45. The van der Waals surface area contributed by atoms with Crippen molar-refractivity contribution in [2.75, 3.05) is 5.32 Å². The van der Waals surface area contributed by atoms with Gasteiger partial charge in [0.1, 0.15) is 5.69 Å². The Morgan fingerprint density at radius 3 is 2.32 bits per heavy atom. The molecule has 0 bridgehead atoms. The summed E-state index contributed by atoms with van der Waals surface area (Å²) in [4.78, 5) is 22.7. The van der Waals surface area contributed by atoms with E-state index in [2.05, 4.69) is 26.4 Å². The summed E-state index contributed by atoms with van der Waals surface area (Å²) >= 11 is 1.73. The van der Waals surface area contributed by atoms with E-state index in [4.69, 9.17) is 0 Å². The Balaban J connectivity index is 1.35. The van der Waals surface area contributed by atoms with Crippen molar-refractivity contribution >= 4 is 23.4 Å². The lowest BCUT2D eigenvalue weighted by atomic mass is 10.1. The zero-order valence-electron chi connectivity index (χ0n) is 18.2. The van der Waals surface area contributed by atoms with Gasteiger partial charge in [0, 0.05) is 52.9 Å². The third kappa shape index (κ3) is 5.05. The predicted octanol–water partition coefficient (Wildman–Crippen LogP) is 5.87. The maximum absolute atomic E-state index is 13.3. The third-order valence-corrected chi connectivity index (χ3v) is 6.24. The molecule has 0 spiro atoms. The normalized spacial score (nSPS) is 10.7. The standard InChI is InChI=1S/C27H21N5OS/c33-27(30-22-10-12-24(13-11-22)34-19-20-6-4-14-28-16-20)25-18-32(23-8-2-1-3-9-23)31-26(25)21-7-5-15-29-17-21/h1-18H,19H2,(H,30,33). The number of nitrogens with zero attached hydrogens (tertiary/aromatic N) is 4. The number of anilines is 1. The van der Waals surface area contributed by atoms with Crippen molar-refractivity contribution < 1.29 is 4.79 Å². The average Bonchev–Trinajstić information content (AvgIpc) is 3.36. The van der Waals surface area contributed by atoms with E-state index in [1.165, 1.54) is 5.56 Å². The summed E-state index contributed by atoms with van der Waals surface area (Å²) in [5.41, 5.74) is 4.61. The highest BCUT2D eigenvalue weighted by atomic mass is 32.2. The van der Waals surface area contributed by atoms with Crippen molar-refractivity contribution in [3.63, 3.8) is 0 Å². The monoisotopic (exact) mass is 463 g/mol. The molecule has 3 aromatic heterocycles. The highest BCUT2D eigenvalue weighted by molar-refractivity contribution is 7.98. The SMILES string of the molecule is O=C(Nc1ccc(SCc2cccnc2)cc1)c1cn(-c2ccccc2)nc1-c1cccnc1. The van der Waals surface area contributed by atoms with Crippen LogP contribution in [0.5, 0.6) is 0 Å². The summed E-state index contributed by atoms with van der Waals surface area (Å²) in [7, 11) is 0. The van der Waals surface area contributed by atoms with Crippen molar-refractivity contribution in [1.29, 1.82) is 0 Å². The molecular weight excluding hydrogens is 442 g/mol. The fourth-order valence-corrected chi connectivity index (χ4v) is 4.28. The molecule has 0 saturated heterocycles. The second-order valence-corrected chi connectivity index (χ2v) is 8.59. The molecule has 0 aliphatic carbocycles. The van der Waals surface area contributed by atoms with Crippen LogP contribution in [0.15, 0.2) is 115 Å². The molecular formula is C27H21N5OS. The van der Waals surface area contributed by atoms with Crippen molar-refractivity contribution in [2.45, 2.75) is 10.6 Å². The number of para-hydroxylation sites is 1. The highest BCUT2D eigenvalue weighted by Gasteiger charge is 2.19. The minimum absolute atomic E-state index is 0.225. The van der Waals surface area contributed by atoms with Crippen LogP contribution in [0.25, 0.3) is 16.9 Å². The third-order valence-electron chi connectivity index (χ3n) is 5.16. The van der Waals surface area contributed by atoms with Gasteiger partial charge in [0.2, 0.25) is 0 Å². The van der Waals surface area contributed by atoms with Crippen molar-refractivity contribution in [3.05, 3.63) is 121 Å². The van der Waals surface area contributed by atoms with Crippen LogP contribution < -0.4 is 5.32 Å². The number of hydrogen-bond donors (Lipinski definition) is 1. The predicted molar refractivity (Wildman–Crippen MR) is 135 cm³/mol. The Hall–Kier alpha value is -4.23. The Morgan fingerprint density at radius 2 is 1.62 bits per heavy atom. The Bertz CT molecular complexity index is 1370. The minimum Gasteiger partial charge on any atom is -0.322 e. The molecule has 1 amide bonds. The summed E-state index contributed by atoms with van der Waals surface area (Å²) in [6.45, 7) is 0. The molecule has 0 atom stereocenters. The Morgan fingerprint density at radius 1 is 0.853 bits per heavy atom. The van der Waals surface area contributed by atoms with E-state index in [-0.39, 0.29) is 5.91 Å². The van der Waals surface area contributed by atoms with Gasteiger partial charge in [0.05, 0.1) is 11.3 Å². The zero-order valence-corrected chi connectivity index (χ0v) is 19.0. The van der Waals surface area contributed by atoms with Gasteiger partial charge in [0.15, 0.2) is 0 Å². The van der Waals surface area contributed by atoms with E-state index in [0.29, 0.717) is 11.3 Å². The van der Waals surface area contributed by atoms with Gasteiger partial charge in [0.25, 0.3) is 5.91 Å². The van der Waals surface area contributed by atoms with E-state index < -0.39 is 0 Å². The summed E-state index contributed by atoms with van der Waals surface area (Å²) in [5, 5.41) is 7.69. The van der Waals surface area contributed by atoms with E-state index in [1.807, 2.05) is 79.0 Å². The maximum Gasteiger partial charge on any atom is 0.259 e. The van der Waals surface area contributed by atoms with Crippen LogP contribution >= 0.6 is 11.8 Å². The number of amides is 1. The first-order chi connectivity index (χ1) is 16.8. The molecule has 0 aliphatic heterocycles. The van der Waals surface area contributed by atoms with Crippen molar-refractivity contribution in [3.8, 4) is 16.9 Å². The topological polar surface area (TPSA) is 72.7 Å². The molecule has 5 rings (SSSR count). The van der Waals surface area contributed by atoms with Crippen molar-refractivity contribution in [2.24, 2.45) is 0 Å². The molecule has 0 fully saturated rings. The number of nitrogens with one attached hydrogen (secondary N) is 1. The molecule has 166 valence electrons. The maximum atomic E-state index is 13.3. The number of carbonyl (C=O) groups is 1. The molecule has 0 saturated carbocycles. The molecule has 7 heteroatoms. The molecule has 6 nitrogen and oxygen atoms in total. The van der Waals surface area contributed by atoms with Crippen LogP contribution in [-0.2, 0) is 5.75 Å². The first-order valence-corrected chi connectivity index (χ1v) is 11.7. The summed E-state index contributed by atoms with van der Waals surface area (Å²) in [6, 6.07) is 25.3. The Kier molecular flexibility index (Phi) is 6.45. The van der Waals surface area contributed by atoms with E-state index in [1.54, 1.807) is 41.2 Å². The largest absolute Gasteiger partial charge is 0.322 e. The number of thioether (sulfide) groups is 1. The zero-order chi connectivity index (χ0) is 23.2. The van der Waals surface area contributed by atoms with Gasteiger partial charge in [-0.15, -0.1) is 11.8 Å². The lowest BCUT2D eigenvalue weighted by Gasteiger charge is -2.07. The van der Waals surface area contributed by atoms with Crippen LogP contribution in [0.2, 0.25) is 0 Å². The molecule has 2 aromatic carbocycles. The van der Waals surface area contributed by atoms with Gasteiger partial charge in [-0.2, -0.15) is 5.10 Å². The number of rotatable bonds is 7. The minimum atomic E-state index is -0.225. The quantitative estimate of drug-likeness (QED) is 0.306. The average molecular weight is 464 g/mol. The fraction of sp³-hybridized carbons (Fsp3) is 0.0370. The van der Waals surface area contributed by atoms with Gasteiger partial charge in [-0.05, 0) is 60.2 Å². The van der Waals surface area contributed by atoms with Gasteiger partial charge < -0.3 is 5.32 Å². The van der Waals surface area contributed by atoms with Crippen molar-refractivity contribution in [1.82, 2.24) is 19.7 Å². The number of aromatic nitrogens is 4. The van der Waals surface area contributed by atoms with Gasteiger partial charge in [-0.3, -0.25) is 14.8 Å². The van der Waals surface area contributed by atoms with Crippen LogP contribution in [0.1, 0.15) is 15.9 Å². The first kappa shape index (κ1) is 21.6. The van der Waals surface area contributed by atoms with E-state index in [9.17, 15) is 4.79 Å². The van der Waals surface area contributed by atoms with Crippen LogP contribution in [-0.4, -0.2) is 25.7 Å². The molecule has 34 heavy (non-hydrogen) atoms. The second kappa shape index (κ2) is 10.1. The van der Waals surface area contributed by atoms with Gasteiger partial charge >= 0.3 is 0 Å². The first-order valence-electron chi connectivity index (χ1n) is 10.7. The molecule has 3 heterocycles. The van der Waals surface area contributed by atoms with Crippen LogP contribution in [0.3, 0.4) is 0 Å². The van der Waals surface area contributed by atoms with E-state index >= 15 is 0 Å². The molecule has 0 radical (unpaired) electrons. The van der Waals surface area contributed by atoms with Crippen LogP contribution in [0.4, 0.5) is 5.69 Å². The summed E-state index contributed by atoms with van der Waals surface area (Å²) in [5.74, 6) is 0.615. The molecule has 0 aliphatic rings. The number of hydrogen-bond acceptors (Lipinski definition) is 5. The number of pyridine rings is 2. The molecule has 1 N–H and O–H groups in total. The lowest BCUT2D eigenvalue weighted by Crippen LogP contribution is -2.12. The van der Waals surface area contributed by atoms with Gasteiger partial charge in [-0.25, -0.2) is 4.68 Å². The smallest absolute Gasteiger partial charge is 0.259 e. The highest BCUT2D eigenvalue weighted by Crippen LogP contribution is 2.26. The molecule has 5 aromatic rings. The van der Waals surface area contributed by atoms with Crippen LogP contribution in [0, 0.1) is 0 Å². The number of benzene rings is 2. The van der Waals surface area contributed by atoms with E-state index in [0.717, 1.165) is 27.6 Å². The Labute approximate surface area is 201 Å². The lowest BCUT2D eigenvalue weighted by molar-refractivity contribution is 0.102. The summed E-state index contributed by atoms with van der Waals surface area (Å²) in [6.07, 6.45) is 8.81. The second-order valence-electron chi connectivity index (χ2n) is 7.54. The number of carbonyl (C=O) groups excluding carboxylic acids is 1. The summed E-state index contributed by atoms with van der Waals surface area (Å²) < 4.78 is 1.72. The molecule has 0 unspecified atom stereocenters. The van der Waals surface area contributed by atoms with Gasteiger partial charge in [-0.1, -0.05) is 24.3 Å².